The molecule has 0 radical (unpaired) electrons. The van der Waals surface area contributed by atoms with Crippen LogP contribution in [-0.2, 0) is 13.0 Å². The molecule has 144 valence electrons. The third-order valence-electron chi connectivity index (χ3n) is 5.17. The molecular formula is C22H23FN4S. The summed E-state index contributed by atoms with van der Waals surface area (Å²) in [6, 6.07) is 6.67. The average Bonchev–Trinajstić information content (AvgIpc) is 3.20. The molecule has 0 saturated heterocycles. The molecule has 0 aliphatic heterocycles. The Labute approximate surface area is 168 Å². The highest BCUT2D eigenvalue weighted by molar-refractivity contribution is 7.09. The Kier molecular flexibility index (Phi) is 5.13. The number of pyridine rings is 1. The number of nitrogens with zero attached hydrogens (tertiary/aromatic N) is 3. The van der Waals surface area contributed by atoms with Crippen LogP contribution in [0.25, 0.3) is 10.9 Å². The molecule has 3 heterocycles. The summed E-state index contributed by atoms with van der Waals surface area (Å²) in [4.78, 5) is 9.07. The predicted octanol–water partition coefficient (Wildman–Crippen LogP) is 5.26. The summed E-state index contributed by atoms with van der Waals surface area (Å²) in [7, 11) is 0. The first-order valence-corrected chi connectivity index (χ1v) is 10.2. The Bertz CT molecular complexity index is 1110. The van der Waals surface area contributed by atoms with Gasteiger partial charge in [-0.15, -0.1) is 11.3 Å². The number of fused-ring (bicyclic) bond motifs is 1. The number of hydrogen-bond donors (Lipinski definition) is 1. The van der Waals surface area contributed by atoms with E-state index in [9.17, 15) is 4.39 Å². The molecule has 0 bridgehead atoms. The number of nitrogens with one attached hydrogen (secondary N) is 1. The number of halogens is 1. The second-order valence-electron chi connectivity index (χ2n) is 7.04. The fraction of sp³-hybridized carbons (Fsp3) is 0.273. The van der Waals surface area contributed by atoms with Gasteiger partial charge < -0.3 is 9.88 Å². The van der Waals surface area contributed by atoms with Crippen molar-refractivity contribution in [2.24, 2.45) is 0 Å². The van der Waals surface area contributed by atoms with E-state index in [4.69, 9.17) is 0 Å². The van der Waals surface area contributed by atoms with Crippen LogP contribution in [0.5, 0.6) is 0 Å². The molecule has 0 unspecified atom stereocenters. The quantitative estimate of drug-likeness (QED) is 0.485. The molecular weight excluding hydrogens is 371 g/mol. The number of rotatable bonds is 6. The Hall–Kier alpha value is -2.73. The number of anilines is 1. The van der Waals surface area contributed by atoms with Crippen LogP contribution in [0.4, 0.5) is 10.1 Å². The van der Waals surface area contributed by atoms with E-state index < -0.39 is 0 Å². The highest BCUT2D eigenvalue weighted by Gasteiger charge is 2.15. The summed E-state index contributed by atoms with van der Waals surface area (Å²) in [6.07, 6.45) is 4.64. The van der Waals surface area contributed by atoms with E-state index >= 15 is 0 Å². The van der Waals surface area contributed by atoms with Gasteiger partial charge in [-0.25, -0.2) is 9.37 Å². The van der Waals surface area contributed by atoms with E-state index in [0.717, 1.165) is 47.0 Å². The molecule has 0 amide bonds. The lowest BCUT2D eigenvalue weighted by Gasteiger charge is -2.09. The fourth-order valence-electron chi connectivity index (χ4n) is 3.59. The lowest BCUT2D eigenvalue weighted by molar-refractivity contribution is 0.627. The van der Waals surface area contributed by atoms with Crippen molar-refractivity contribution in [3.05, 3.63) is 75.4 Å². The maximum atomic E-state index is 13.1. The molecule has 4 aromatic rings. The second-order valence-corrected chi connectivity index (χ2v) is 8.10. The average molecular weight is 395 g/mol. The molecule has 4 nitrogen and oxygen atoms in total. The molecule has 1 N–H and O–H groups in total. The van der Waals surface area contributed by atoms with Crippen molar-refractivity contribution < 1.29 is 4.39 Å². The van der Waals surface area contributed by atoms with Crippen molar-refractivity contribution in [3.63, 3.8) is 0 Å². The van der Waals surface area contributed by atoms with Crippen LogP contribution in [0.3, 0.4) is 0 Å². The molecule has 0 saturated carbocycles. The molecule has 1 aromatic carbocycles. The topological polar surface area (TPSA) is 42.7 Å². The molecule has 0 aliphatic carbocycles. The smallest absolute Gasteiger partial charge is 0.123 e. The first-order valence-electron chi connectivity index (χ1n) is 9.35. The van der Waals surface area contributed by atoms with Gasteiger partial charge in [-0.05, 0) is 50.5 Å². The minimum Gasteiger partial charge on any atom is -0.383 e. The van der Waals surface area contributed by atoms with Crippen LogP contribution in [-0.4, -0.2) is 21.1 Å². The zero-order chi connectivity index (χ0) is 19.7. The van der Waals surface area contributed by atoms with Crippen LogP contribution >= 0.6 is 11.3 Å². The van der Waals surface area contributed by atoms with E-state index in [-0.39, 0.29) is 5.82 Å². The lowest BCUT2D eigenvalue weighted by Crippen LogP contribution is -2.06. The Morgan fingerprint density at radius 3 is 2.61 bits per heavy atom. The summed E-state index contributed by atoms with van der Waals surface area (Å²) < 4.78 is 15.3. The maximum Gasteiger partial charge on any atom is 0.123 e. The van der Waals surface area contributed by atoms with E-state index in [1.54, 1.807) is 11.3 Å². The van der Waals surface area contributed by atoms with Crippen molar-refractivity contribution in [2.75, 3.05) is 11.9 Å². The number of benzene rings is 1. The van der Waals surface area contributed by atoms with Gasteiger partial charge in [-0.1, -0.05) is 12.1 Å². The zero-order valence-electron chi connectivity index (χ0n) is 16.3. The van der Waals surface area contributed by atoms with Gasteiger partial charge in [0.15, 0.2) is 0 Å². The second kappa shape index (κ2) is 7.72. The van der Waals surface area contributed by atoms with Gasteiger partial charge in [0.1, 0.15) is 5.82 Å². The molecule has 6 heteroatoms. The van der Waals surface area contributed by atoms with Gasteiger partial charge in [0, 0.05) is 23.0 Å². The van der Waals surface area contributed by atoms with Crippen molar-refractivity contribution in [2.45, 2.75) is 33.7 Å². The van der Waals surface area contributed by atoms with Crippen molar-refractivity contribution in [1.82, 2.24) is 14.5 Å². The highest BCUT2D eigenvalue weighted by Crippen LogP contribution is 2.31. The first kappa shape index (κ1) is 18.6. The molecule has 4 rings (SSSR count). The standard InChI is InChI=1S/C22H23FN4S/c1-14-15(2)27(12-19-13-28-16(3)26-19)21-11-24-10-20(22(14)21)25-9-8-17-4-6-18(23)7-5-17/h4-7,10-11,13,25H,8-9,12H2,1-3H3. The molecule has 28 heavy (non-hydrogen) atoms. The van der Waals surface area contributed by atoms with Gasteiger partial charge in [0.05, 0.1) is 40.8 Å². The normalized spacial score (nSPS) is 11.3. The van der Waals surface area contributed by atoms with Crippen molar-refractivity contribution in [3.8, 4) is 0 Å². The van der Waals surface area contributed by atoms with Crippen LogP contribution in [0.15, 0.2) is 42.0 Å². The van der Waals surface area contributed by atoms with E-state index in [2.05, 4.69) is 39.1 Å². The van der Waals surface area contributed by atoms with Crippen LogP contribution in [0.2, 0.25) is 0 Å². The monoisotopic (exact) mass is 394 g/mol. The summed E-state index contributed by atoms with van der Waals surface area (Å²) >= 11 is 1.68. The van der Waals surface area contributed by atoms with Crippen LogP contribution in [0, 0.1) is 26.6 Å². The zero-order valence-corrected chi connectivity index (χ0v) is 17.1. The largest absolute Gasteiger partial charge is 0.383 e. The predicted molar refractivity (Wildman–Crippen MR) is 114 cm³/mol. The Morgan fingerprint density at radius 1 is 1.11 bits per heavy atom. The highest BCUT2D eigenvalue weighted by atomic mass is 32.1. The maximum absolute atomic E-state index is 13.1. The molecule has 3 aromatic heterocycles. The SMILES string of the molecule is Cc1nc(Cn2c(C)c(C)c3c(NCCc4ccc(F)cc4)cncc32)cs1. The fourth-order valence-corrected chi connectivity index (χ4v) is 4.19. The summed E-state index contributed by atoms with van der Waals surface area (Å²) in [6.45, 7) is 7.86. The molecule has 0 atom stereocenters. The third-order valence-corrected chi connectivity index (χ3v) is 5.99. The van der Waals surface area contributed by atoms with E-state index in [0.29, 0.717) is 0 Å². The van der Waals surface area contributed by atoms with Gasteiger partial charge in [-0.3, -0.25) is 4.98 Å². The number of hydrogen-bond acceptors (Lipinski definition) is 4. The summed E-state index contributed by atoms with van der Waals surface area (Å²) in [5, 5.41) is 7.93. The first-order chi connectivity index (χ1) is 13.5. The minimum absolute atomic E-state index is 0.201. The Balaban J connectivity index is 1.59. The van der Waals surface area contributed by atoms with Crippen molar-refractivity contribution in [1.29, 1.82) is 0 Å². The number of aryl methyl sites for hydroxylation is 2. The summed E-state index contributed by atoms with van der Waals surface area (Å²) in [5.74, 6) is -0.201. The third kappa shape index (κ3) is 3.64. The number of thiazole rings is 1. The van der Waals surface area contributed by atoms with Gasteiger partial charge in [-0.2, -0.15) is 0 Å². The van der Waals surface area contributed by atoms with E-state index in [1.807, 2.05) is 31.5 Å². The van der Waals surface area contributed by atoms with Gasteiger partial charge >= 0.3 is 0 Å². The molecule has 0 aliphatic rings. The van der Waals surface area contributed by atoms with Crippen molar-refractivity contribution >= 4 is 27.9 Å². The van der Waals surface area contributed by atoms with E-state index in [1.165, 1.54) is 28.8 Å². The number of aromatic nitrogens is 3. The minimum atomic E-state index is -0.201. The summed E-state index contributed by atoms with van der Waals surface area (Å²) in [5.41, 5.74) is 6.83. The molecule has 0 spiro atoms. The Morgan fingerprint density at radius 2 is 1.89 bits per heavy atom. The van der Waals surface area contributed by atoms with Gasteiger partial charge in [0.25, 0.3) is 0 Å². The van der Waals surface area contributed by atoms with Crippen LogP contribution < -0.4 is 5.32 Å². The lowest BCUT2D eigenvalue weighted by atomic mass is 10.1. The van der Waals surface area contributed by atoms with Gasteiger partial charge in [0.2, 0.25) is 0 Å². The molecule has 0 fully saturated rings. The van der Waals surface area contributed by atoms with Crippen LogP contribution in [0.1, 0.15) is 27.5 Å².